The Bertz CT molecular complexity index is 335. The summed E-state index contributed by atoms with van der Waals surface area (Å²) in [6.45, 7) is 7.10. The van der Waals surface area contributed by atoms with Crippen LogP contribution in [-0.4, -0.2) is 19.8 Å². The number of unbranched alkanes of at least 4 members (excludes halogenated alkanes) is 1. The molecule has 0 aliphatic carbocycles. The Labute approximate surface area is 107 Å². The molecule has 0 bridgehead atoms. The van der Waals surface area contributed by atoms with E-state index in [1.54, 1.807) is 19.9 Å². The summed E-state index contributed by atoms with van der Waals surface area (Å²) >= 11 is 0. The predicted molar refractivity (Wildman–Crippen MR) is 70.0 cm³/mol. The Morgan fingerprint density at radius 1 is 1.18 bits per heavy atom. The fourth-order valence-electron chi connectivity index (χ4n) is 1.01. The molecular formula is C12H23O4P. The van der Waals surface area contributed by atoms with Gasteiger partial charge < -0.3 is 0 Å². The van der Waals surface area contributed by atoms with Crippen molar-refractivity contribution < 1.29 is 20.9 Å². The van der Waals surface area contributed by atoms with Crippen LogP contribution in [-0.2, 0) is 18.1 Å². The van der Waals surface area contributed by atoms with Crippen LogP contribution in [0.1, 0.15) is 35.9 Å². The maximum absolute atomic E-state index is 12.0. The van der Waals surface area contributed by atoms with E-state index >= 15 is 0 Å². The zero-order chi connectivity index (χ0) is 14.7. The van der Waals surface area contributed by atoms with Crippen LogP contribution in [0.5, 0.6) is 0 Å². The van der Waals surface area contributed by atoms with Gasteiger partial charge in [-0.3, -0.25) is 13.6 Å². The summed E-state index contributed by atoms with van der Waals surface area (Å²) in [5, 5.41) is 0. The van der Waals surface area contributed by atoms with Crippen molar-refractivity contribution in [2.45, 2.75) is 33.1 Å². The molecule has 0 aromatic rings. The second-order valence-electron chi connectivity index (χ2n) is 3.09. The van der Waals surface area contributed by atoms with E-state index in [0.717, 1.165) is 12.8 Å². The van der Waals surface area contributed by atoms with Crippen molar-refractivity contribution in [3.8, 4) is 0 Å². The van der Waals surface area contributed by atoms with Crippen molar-refractivity contribution in [1.29, 1.82) is 0 Å². The van der Waals surface area contributed by atoms with Gasteiger partial charge in [-0.25, -0.2) is 4.57 Å². The molecule has 0 saturated heterocycles. The van der Waals surface area contributed by atoms with Crippen molar-refractivity contribution in [2.75, 3.05) is 19.8 Å². The minimum Gasteiger partial charge on any atom is -0.287 e. The van der Waals surface area contributed by atoms with Gasteiger partial charge in [0.1, 0.15) is 0 Å². The first-order chi connectivity index (χ1) is 8.99. The number of phosphoric acid groups is 1. The minimum atomic E-state index is -3.60. The summed E-state index contributed by atoms with van der Waals surface area (Å²) < 4.78 is 42.2. The Morgan fingerprint density at radius 3 is 2.35 bits per heavy atom. The second kappa shape index (κ2) is 10.7. The zero-order valence-corrected chi connectivity index (χ0v) is 11.5. The Balaban J connectivity index is 4.37. The molecule has 0 aliphatic rings. The van der Waals surface area contributed by atoms with Crippen LogP contribution >= 0.6 is 7.82 Å². The van der Waals surface area contributed by atoms with E-state index in [0.29, 0.717) is 6.42 Å². The maximum Gasteiger partial charge on any atom is 0.475 e. The fraction of sp³-hybridized carbons (Fsp3) is 0.667. The molecule has 0 unspecified atom stereocenters. The van der Waals surface area contributed by atoms with E-state index in [-0.39, 0.29) is 31.9 Å². The lowest BCUT2D eigenvalue weighted by Gasteiger charge is -2.14. The highest BCUT2D eigenvalue weighted by atomic mass is 31.2. The molecule has 0 atom stereocenters. The highest BCUT2D eigenvalue weighted by Gasteiger charge is 2.24. The molecule has 0 radical (unpaired) electrons. The van der Waals surface area contributed by atoms with E-state index in [9.17, 15) is 4.57 Å². The van der Waals surface area contributed by atoms with Crippen molar-refractivity contribution in [3.05, 3.63) is 24.8 Å². The van der Waals surface area contributed by atoms with E-state index in [4.69, 9.17) is 16.3 Å². The summed E-state index contributed by atoms with van der Waals surface area (Å²) in [5.41, 5.74) is 0. The lowest BCUT2D eigenvalue weighted by atomic mass is 10.2. The standard InChI is InChI=1S/C12H23O4P/c1-4-7-8-9-10-11-12-16-17(13,14-5-2)15-6-3/h4,10-11H,1,5-9,12H2,2-3H3/b11-10+/i10D,11D. The van der Waals surface area contributed by atoms with Gasteiger partial charge in [0.15, 0.2) is 0 Å². The van der Waals surface area contributed by atoms with Gasteiger partial charge in [0.25, 0.3) is 0 Å². The third-order valence-corrected chi connectivity index (χ3v) is 3.30. The van der Waals surface area contributed by atoms with E-state index in [1.165, 1.54) is 0 Å². The minimum absolute atomic E-state index is 0.0105. The molecule has 0 fully saturated rings. The summed E-state index contributed by atoms with van der Waals surface area (Å²) in [6, 6.07) is 0.157. The number of hydrogen-bond donors (Lipinski definition) is 0. The normalized spacial score (nSPS) is 14.9. The van der Waals surface area contributed by atoms with Gasteiger partial charge in [0.2, 0.25) is 0 Å². The molecule has 0 rings (SSSR count). The van der Waals surface area contributed by atoms with Crippen LogP contribution in [0, 0.1) is 0 Å². The van der Waals surface area contributed by atoms with Crippen molar-refractivity contribution in [1.82, 2.24) is 0 Å². The smallest absolute Gasteiger partial charge is 0.287 e. The Kier molecular flexibility index (Phi) is 8.22. The number of hydrogen-bond acceptors (Lipinski definition) is 4. The van der Waals surface area contributed by atoms with Gasteiger partial charge in [-0.2, -0.15) is 0 Å². The highest BCUT2D eigenvalue weighted by molar-refractivity contribution is 7.48. The average molecular weight is 264 g/mol. The average Bonchev–Trinajstić information content (AvgIpc) is 2.37. The van der Waals surface area contributed by atoms with Crippen LogP contribution in [0.3, 0.4) is 0 Å². The van der Waals surface area contributed by atoms with Crippen LogP contribution in [0.4, 0.5) is 0 Å². The molecule has 0 aromatic heterocycles. The maximum atomic E-state index is 12.0. The van der Waals surface area contributed by atoms with Gasteiger partial charge in [-0.1, -0.05) is 18.2 Å². The highest BCUT2D eigenvalue weighted by Crippen LogP contribution is 2.48. The Hall–Kier alpha value is -0.410. The first-order valence-electron chi connectivity index (χ1n) is 6.78. The fourth-order valence-corrected chi connectivity index (χ4v) is 2.09. The molecule has 0 aromatic carbocycles. The van der Waals surface area contributed by atoms with Crippen LogP contribution in [0.2, 0.25) is 0 Å². The Morgan fingerprint density at radius 2 is 1.82 bits per heavy atom. The third-order valence-electron chi connectivity index (χ3n) is 1.70. The quantitative estimate of drug-likeness (QED) is 0.320. The van der Waals surface area contributed by atoms with E-state index in [2.05, 4.69) is 6.58 Å². The first kappa shape index (κ1) is 13.0. The van der Waals surface area contributed by atoms with Gasteiger partial charge in [0, 0.05) is 0 Å². The second-order valence-corrected chi connectivity index (χ2v) is 4.76. The van der Waals surface area contributed by atoms with Crippen molar-refractivity contribution in [3.63, 3.8) is 0 Å². The summed E-state index contributed by atoms with van der Waals surface area (Å²) in [7, 11) is -3.60. The molecule has 4 nitrogen and oxygen atoms in total. The predicted octanol–water partition coefficient (Wildman–Crippen LogP) is 4.10. The molecule has 100 valence electrons. The third kappa shape index (κ3) is 9.31. The molecule has 0 N–H and O–H groups in total. The molecule has 0 amide bonds. The topological polar surface area (TPSA) is 44.8 Å². The first-order valence-corrected chi connectivity index (χ1v) is 7.24. The van der Waals surface area contributed by atoms with E-state index < -0.39 is 7.82 Å². The molecule has 0 aliphatic heterocycles. The molecule has 0 heterocycles. The SMILES string of the molecule is [2H]/C(CCCC=C)=C(/[2H])COP(=O)(OCC)OCC. The van der Waals surface area contributed by atoms with Gasteiger partial charge in [-0.15, -0.1) is 6.58 Å². The molecule has 0 saturated carbocycles. The number of allylic oxidation sites excluding steroid dienone is 2. The van der Waals surface area contributed by atoms with Crippen LogP contribution < -0.4 is 0 Å². The van der Waals surface area contributed by atoms with Crippen LogP contribution in [0.25, 0.3) is 0 Å². The molecular weight excluding hydrogens is 239 g/mol. The lowest BCUT2D eigenvalue weighted by Crippen LogP contribution is -2.00. The van der Waals surface area contributed by atoms with Gasteiger partial charge in [-0.05, 0) is 33.1 Å². The van der Waals surface area contributed by atoms with Crippen molar-refractivity contribution in [2.24, 2.45) is 0 Å². The number of phosphoric ester groups is 1. The zero-order valence-electron chi connectivity index (χ0n) is 12.6. The molecule has 5 heteroatoms. The monoisotopic (exact) mass is 264 g/mol. The van der Waals surface area contributed by atoms with Gasteiger partial charge in [0.05, 0.1) is 22.6 Å². The van der Waals surface area contributed by atoms with E-state index in [1.807, 2.05) is 0 Å². The number of rotatable bonds is 11. The molecule has 17 heavy (non-hydrogen) atoms. The van der Waals surface area contributed by atoms with Gasteiger partial charge >= 0.3 is 7.82 Å². The molecule has 0 spiro atoms. The lowest BCUT2D eigenvalue weighted by molar-refractivity contribution is 0.131. The largest absolute Gasteiger partial charge is 0.475 e. The summed E-state index contributed by atoms with van der Waals surface area (Å²) in [4.78, 5) is 0. The van der Waals surface area contributed by atoms with Crippen molar-refractivity contribution >= 4 is 7.82 Å². The summed E-state index contributed by atoms with van der Waals surface area (Å²) in [6.07, 6.45) is 3.81. The van der Waals surface area contributed by atoms with Crippen LogP contribution in [0.15, 0.2) is 24.8 Å². The summed E-state index contributed by atoms with van der Waals surface area (Å²) in [5.74, 6) is 0.